The normalized spacial score (nSPS) is 9.42. The second-order valence-electron chi connectivity index (χ2n) is 2.56. The van der Waals surface area contributed by atoms with Gasteiger partial charge in [-0.15, -0.1) is 0 Å². The van der Waals surface area contributed by atoms with E-state index < -0.39 is 0 Å². The molecule has 0 atom stereocenters. The summed E-state index contributed by atoms with van der Waals surface area (Å²) in [6, 6.07) is 5.59. The number of thiocarbonyl (C=S) groups is 1. The number of nitrogen functional groups attached to an aromatic ring is 1. The van der Waals surface area contributed by atoms with Crippen LogP contribution in [0, 0.1) is 6.92 Å². The molecule has 0 aromatic heterocycles. The molecule has 1 rings (SSSR count). The number of nitrogens with one attached hydrogen (secondary N) is 1. The fourth-order valence-corrected chi connectivity index (χ4v) is 0.978. The van der Waals surface area contributed by atoms with Gasteiger partial charge in [0.15, 0.2) is 5.11 Å². The zero-order valence-corrected chi connectivity index (χ0v) is 7.61. The number of benzene rings is 1. The summed E-state index contributed by atoms with van der Waals surface area (Å²) in [6.07, 6.45) is 0. The van der Waals surface area contributed by atoms with Crippen LogP contribution in [0.25, 0.3) is 0 Å². The van der Waals surface area contributed by atoms with Crippen molar-refractivity contribution < 1.29 is 0 Å². The van der Waals surface area contributed by atoms with Gasteiger partial charge in [0.25, 0.3) is 0 Å². The van der Waals surface area contributed by atoms with E-state index in [0.29, 0.717) is 0 Å². The second kappa shape index (κ2) is 3.40. The van der Waals surface area contributed by atoms with Gasteiger partial charge >= 0.3 is 0 Å². The third kappa shape index (κ3) is 2.10. The van der Waals surface area contributed by atoms with Crippen molar-refractivity contribution in [3.05, 3.63) is 23.8 Å². The molecule has 0 aliphatic carbocycles. The van der Waals surface area contributed by atoms with Crippen LogP contribution in [0.4, 0.5) is 11.4 Å². The standard InChI is InChI=1S/C8H11N3S/c1-5-2-3-6(4-7(5)9)11-8(10)12/h2-4H,9H2,1H3,(H3,10,11,12). The largest absolute Gasteiger partial charge is 0.398 e. The predicted molar refractivity (Wildman–Crippen MR) is 56.0 cm³/mol. The number of hydrogen-bond acceptors (Lipinski definition) is 2. The molecular formula is C8H11N3S. The first kappa shape index (κ1) is 8.80. The van der Waals surface area contributed by atoms with E-state index in [9.17, 15) is 0 Å². The second-order valence-corrected chi connectivity index (χ2v) is 3.00. The predicted octanol–water partition coefficient (Wildman–Crippen LogP) is 1.23. The molecule has 0 bridgehead atoms. The lowest BCUT2D eigenvalue weighted by molar-refractivity contribution is 1.46. The van der Waals surface area contributed by atoms with Crippen molar-refractivity contribution in [2.75, 3.05) is 11.1 Å². The Morgan fingerprint density at radius 1 is 1.50 bits per heavy atom. The van der Waals surface area contributed by atoms with Gasteiger partial charge in [-0.25, -0.2) is 0 Å². The maximum absolute atomic E-state index is 5.67. The molecule has 64 valence electrons. The highest BCUT2D eigenvalue weighted by molar-refractivity contribution is 7.80. The third-order valence-electron chi connectivity index (χ3n) is 1.55. The molecule has 0 fully saturated rings. The van der Waals surface area contributed by atoms with E-state index >= 15 is 0 Å². The van der Waals surface area contributed by atoms with Crippen LogP contribution in [0.3, 0.4) is 0 Å². The fraction of sp³-hybridized carbons (Fsp3) is 0.125. The van der Waals surface area contributed by atoms with Gasteiger partial charge in [0.2, 0.25) is 0 Å². The van der Waals surface area contributed by atoms with Gasteiger partial charge in [-0.1, -0.05) is 6.07 Å². The highest BCUT2D eigenvalue weighted by atomic mass is 32.1. The Bertz CT molecular complexity index is 309. The molecule has 0 heterocycles. The van der Waals surface area contributed by atoms with E-state index in [4.69, 9.17) is 11.5 Å². The molecule has 0 saturated carbocycles. The summed E-state index contributed by atoms with van der Waals surface area (Å²) in [5.74, 6) is 0. The highest BCUT2D eigenvalue weighted by Crippen LogP contribution is 2.16. The number of hydrogen-bond donors (Lipinski definition) is 3. The minimum Gasteiger partial charge on any atom is -0.398 e. The van der Waals surface area contributed by atoms with Crippen LogP contribution >= 0.6 is 12.2 Å². The number of rotatable bonds is 1. The van der Waals surface area contributed by atoms with Crippen molar-refractivity contribution >= 4 is 28.7 Å². The first-order valence-electron chi connectivity index (χ1n) is 3.52. The number of anilines is 2. The van der Waals surface area contributed by atoms with Crippen LogP contribution in [0.1, 0.15) is 5.56 Å². The highest BCUT2D eigenvalue weighted by Gasteiger charge is 1.96. The minimum atomic E-state index is 0.248. The van der Waals surface area contributed by atoms with E-state index in [-0.39, 0.29) is 5.11 Å². The van der Waals surface area contributed by atoms with E-state index in [2.05, 4.69) is 17.5 Å². The molecule has 1 aromatic carbocycles. The summed E-state index contributed by atoms with van der Waals surface area (Å²) in [5.41, 5.74) is 13.6. The molecule has 0 radical (unpaired) electrons. The lowest BCUT2D eigenvalue weighted by Crippen LogP contribution is -2.18. The average Bonchev–Trinajstić information content (AvgIpc) is 1.96. The number of nitrogens with two attached hydrogens (primary N) is 2. The van der Waals surface area contributed by atoms with Crippen LogP contribution in [0.15, 0.2) is 18.2 Å². The van der Waals surface area contributed by atoms with Crippen molar-refractivity contribution in [3.63, 3.8) is 0 Å². The van der Waals surface area contributed by atoms with Crippen molar-refractivity contribution in [2.24, 2.45) is 5.73 Å². The maximum Gasteiger partial charge on any atom is 0.168 e. The molecule has 0 saturated heterocycles. The molecule has 3 nitrogen and oxygen atoms in total. The summed E-state index contributed by atoms with van der Waals surface area (Å²) in [7, 11) is 0. The summed E-state index contributed by atoms with van der Waals surface area (Å²) < 4.78 is 0. The quantitative estimate of drug-likeness (QED) is 0.450. The van der Waals surface area contributed by atoms with E-state index in [1.165, 1.54) is 0 Å². The van der Waals surface area contributed by atoms with Crippen LogP contribution in [-0.2, 0) is 0 Å². The molecule has 0 aliphatic heterocycles. The molecule has 0 spiro atoms. The van der Waals surface area contributed by atoms with Crippen LogP contribution in [-0.4, -0.2) is 5.11 Å². The van der Waals surface area contributed by atoms with Crippen LogP contribution in [0.5, 0.6) is 0 Å². The smallest absolute Gasteiger partial charge is 0.168 e. The summed E-state index contributed by atoms with van der Waals surface area (Å²) >= 11 is 4.68. The van der Waals surface area contributed by atoms with E-state index in [1.807, 2.05) is 19.1 Å². The van der Waals surface area contributed by atoms with Gasteiger partial charge in [0.05, 0.1) is 0 Å². The fourth-order valence-electron chi connectivity index (χ4n) is 0.860. The topological polar surface area (TPSA) is 64.1 Å². The third-order valence-corrected chi connectivity index (χ3v) is 1.65. The first-order valence-corrected chi connectivity index (χ1v) is 3.93. The van der Waals surface area contributed by atoms with E-state index in [0.717, 1.165) is 16.9 Å². The zero-order chi connectivity index (χ0) is 9.14. The van der Waals surface area contributed by atoms with Gasteiger partial charge in [-0.05, 0) is 36.8 Å². The summed E-state index contributed by atoms with van der Waals surface area (Å²) in [6.45, 7) is 1.94. The monoisotopic (exact) mass is 181 g/mol. The SMILES string of the molecule is Cc1ccc(NC(N)=S)cc1N. The van der Waals surface area contributed by atoms with Gasteiger partial charge in [-0.3, -0.25) is 0 Å². The molecule has 12 heavy (non-hydrogen) atoms. The Labute approximate surface area is 76.7 Å². The van der Waals surface area contributed by atoms with Crippen molar-refractivity contribution in [2.45, 2.75) is 6.92 Å². The molecule has 4 heteroatoms. The Morgan fingerprint density at radius 2 is 2.17 bits per heavy atom. The Morgan fingerprint density at radius 3 is 2.67 bits per heavy atom. The van der Waals surface area contributed by atoms with Gasteiger partial charge in [0, 0.05) is 11.4 Å². The van der Waals surface area contributed by atoms with Crippen molar-refractivity contribution in [1.29, 1.82) is 0 Å². The van der Waals surface area contributed by atoms with E-state index in [1.54, 1.807) is 6.07 Å². The maximum atomic E-state index is 5.67. The number of aryl methyl sites for hydroxylation is 1. The lowest BCUT2D eigenvalue weighted by atomic mass is 10.2. The van der Waals surface area contributed by atoms with Crippen molar-refractivity contribution in [3.8, 4) is 0 Å². The summed E-state index contributed by atoms with van der Waals surface area (Å²) in [5, 5.41) is 3.05. The molecule has 5 N–H and O–H groups in total. The zero-order valence-electron chi connectivity index (χ0n) is 6.79. The van der Waals surface area contributed by atoms with Gasteiger partial charge in [0.1, 0.15) is 0 Å². The average molecular weight is 181 g/mol. The molecular weight excluding hydrogens is 170 g/mol. The van der Waals surface area contributed by atoms with Crippen molar-refractivity contribution in [1.82, 2.24) is 0 Å². The van der Waals surface area contributed by atoms with Crippen LogP contribution < -0.4 is 16.8 Å². The van der Waals surface area contributed by atoms with Gasteiger partial charge < -0.3 is 16.8 Å². The Balaban J connectivity index is 2.89. The molecule has 0 amide bonds. The van der Waals surface area contributed by atoms with Crippen LogP contribution in [0.2, 0.25) is 0 Å². The summed E-state index contributed by atoms with van der Waals surface area (Å²) in [4.78, 5) is 0. The Kier molecular flexibility index (Phi) is 2.50. The lowest BCUT2D eigenvalue weighted by Gasteiger charge is -2.05. The first-order chi connectivity index (χ1) is 5.59. The molecule has 1 aromatic rings. The molecule has 0 aliphatic rings. The minimum absolute atomic E-state index is 0.248. The molecule has 0 unspecified atom stereocenters. The van der Waals surface area contributed by atoms with Gasteiger partial charge in [-0.2, -0.15) is 0 Å². The Hall–Kier alpha value is -1.29.